The number of hydrogen-bond acceptors (Lipinski definition) is 2. The lowest BCUT2D eigenvalue weighted by Gasteiger charge is -2.27. The Kier molecular flexibility index (Phi) is 4.49. The summed E-state index contributed by atoms with van der Waals surface area (Å²) in [6, 6.07) is 9.70. The molecule has 0 bridgehead atoms. The first kappa shape index (κ1) is 13.5. The highest BCUT2D eigenvalue weighted by molar-refractivity contribution is 7.99. The summed E-state index contributed by atoms with van der Waals surface area (Å²) in [6.45, 7) is 3.34. The highest BCUT2D eigenvalue weighted by Crippen LogP contribution is 2.43. The number of benzene rings is 1. The van der Waals surface area contributed by atoms with Gasteiger partial charge in [-0.3, -0.25) is 0 Å². The summed E-state index contributed by atoms with van der Waals surface area (Å²) in [7, 11) is 0. The van der Waals surface area contributed by atoms with Crippen LogP contribution in [0.1, 0.15) is 50.5 Å². The van der Waals surface area contributed by atoms with Gasteiger partial charge in [0.2, 0.25) is 0 Å². The molecule has 1 aliphatic carbocycles. The van der Waals surface area contributed by atoms with Crippen LogP contribution in [0.15, 0.2) is 29.2 Å². The number of rotatable bonds is 5. The Hall–Kier alpha value is -0.470. The predicted octanol–water partition coefficient (Wildman–Crippen LogP) is 4.43. The van der Waals surface area contributed by atoms with Gasteiger partial charge in [0.15, 0.2) is 0 Å². The van der Waals surface area contributed by atoms with E-state index in [9.17, 15) is 0 Å². The van der Waals surface area contributed by atoms with Crippen molar-refractivity contribution in [2.45, 2.75) is 55.9 Å². The maximum atomic E-state index is 3.78. The second-order valence-electron chi connectivity index (χ2n) is 6.01. The molecule has 104 valence electrons. The van der Waals surface area contributed by atoms with Gasteiger partial charge in [0.05, 0.1) is 0 Å². The number of hydrogen-bond donors (Lipinski definition) is 1. The lowest BCUT2D eigenvalue weighted by atomic mass is 9.86. The van der Waals surface area contributed by atoms with Gasteiger partial charge < -0.3 is 5.32 Å². The van der Waals surface area contributed by atoms with E-state index in [4.69, 9.17) is 0 Å². The van der Waals surface area contributed by atoms with Crippen LogP contribution in [0.2, 0.25) is 0 Å². The van der Waals surface area contributed by atoms with Gasteiger partial charge in [-0.25, -0.2) is 0 Å². The van der Waals surface area contributed by atoms with Crippen molar-refractivity contribution < 1.29 is 0 Å². The van der Waals surface area contributed by atoms with Gasteiger partial charge in [0.1, 0.15) is 0 Å². The third-order valence-corrected chi connectivity index (χ3v) is 5.96. The predicted molar refractivity (Wildman–Crippen MR) is 83.9 cm³/mol. The smallest absolute Gasteiger partial charge is 0.0147 e. The van der Waals surface area contributed by atoms with Gasteiger partial charge in [-0.2, -0.15) is 0 Å². The maximum absolute atomic E-state index is 3.78. The van der Waals surface area contributed by atoms with Gasteiger partial charge in [-0.05, 0) is 30.5 Å². The molecule has 1 N–H and O–H groups in total. The third-order valence-electron chi connectivity index (χ3n) is 4.75. The molecule has 0 amide bonds. The van der Waals surface area contributed by atoms with Crippen molar-refractivity contribution >= 4 is 11.8 Å². The Balaban J connectivity index is 1.73. The fraction of sp³-hybridized carbons (Fsp3) is 0.647. The van der Waals surface area contributed by atoms with E-state index in [0.717, 1.165) is 18.4 Å². The van der Waals surface area contributed by atoms with Crippen LogP contribution in [0.3, 0.4) is 0 Å². The van der Waals surface area contributed by atoms with Crippen molar-refractivity contribution in [3.8, 4) is 0 Å². The van der Waals surface area contributed by atoms with Crippen molar-refractivity contribution in [3.63, 3.8) is 0 Å². The molecule has 2 unspecified atom stereocenters. The minimum absolute atomic E-state index is 0.684. The van der Waals surface area contributed by atoms with Crippen LogP contribution >= 0.6 is 11.8 Å². The first-order chi connectivity index (χ1) is 9.38. The quantitative estimate of drug-likeness (QED) is 0.853. The summed E-state index contributed by atoms with van der Waals surface area (Å²) >= 11 is 2.05. The zero-order valence-electron chi connectivity index (χ0n) is 11.9. The van der Waals surface area contributed by atoms with Crippen LogP contribution in [0.5, 0.6) is 0 Å². The van der Waals surface area contributed by atoms with Crippen molar-refractivity contribution in [3.05, 3.63) is 29.8 Å². The van der Waals surface area contributed by atoms with Gasteiger partial charge in [-0.1, -0.05) is 50.8 Å². The van der Waals surface area contributed by atoms with Crippen LogP contribution in [0.4, 0.5) is 0 Å². The van der Waals surface area contributed by atoms with E-state index in [1.165, 1.54) is 42.8 Å². The van der Waals surface area contributed by atoms with Crippen LogP contribution in [-0.4, -0.2) is 18.3 Å². The minimum Gasteiger partial charge on any atom is -0.314 e. The SMILES string of the molecule is CCNC(CC1CCCC1)C1CSc2ccccc21. The zero-order chi connectivity index (χ0) is 13.1. The monoisotopic (exact) mass is 275 g/mol. The minimum atomic E-state index is 0.684. The largest absolute Gasteiger partial charge is 0.314 e. The van der Waals surface area contributed by atoms with Crippen LogP contribution in [0.25, 0.3) is 0 Å². The Labute approximate surface area is 121 Å². The summed E-state index contributed by atoms with van der Waals surface area (Å²) in [5.41, 5.74) is 1.59. The second kappa shape index (κ2) is 6.32. The molecule has 2 atom stereocenters. The summed E-state index contributed by atoms with van der Waals surface area (Å²) < 4.78 is 0. The Morgan fingerprint density at radius 1 is 1.26 bits per heavy atom. The third kappa shape index (κ3) is 3.00. The number of likely N-dealkylation sites (N-methyl/N-ethyl adjacent to an activating group) is 1. The standard InChI is InChI=1S/C17H25NS/c1-2-18-16(11-13-7-3-4-8-13)15-12-19-17-10-6-5-9-14(15)17/h5-6,9-10,13,15-16,18H,2-4,7-8,11-12H2,1H3. The molecule has 1 heterocycles. The average molecular weight is 275 g/mol. The molecule has 2 heteroatoms. The molecule has 1 nitrogen and oxygen atoms in total. The lowest BCUT2D eigenvalue weighted by Crippen LogP contribution is -2.36. The molecular weight excluding hydrogens is 250 g/mol. The van der Waals surface area contributed by atoms with Crippen molar-refractivity contribution in [1.29, 1.82) is 0 Å². The van der Waals surface area contributed by atoms with Crippen LogP contribution in [0, 0.1) is 5.92 Å². The summed E-state index contributed by atoms with van der Waals surface area (Å²) in [5.74, 6) is 2.97. The fourth-order valence-electron chi connectivity index (χ4n) is 3.78. The van der Waals surface area contributed by atoms with Gasteiger partial charge >= 0.3 is 0 Å². The molecule has 1 saturated carbocycles. The fourth-order valence-corrected chi connectivity index (χ4v) is 5.11. The normalized spacial score (nSPS) is 24.6. The van der Waals surface area contributed by atoms with Gasteiger partial charge in [0.25, 0.3) is 0 Å². The second-order valence-corrected chi connectivity index (χ2v) is 7.07. The van der Waals surface area contributed by atoms with Gasteiger partial charge in [-0.15, -0.1) is 11.8 Å². The van der Waals surface area contributed by atoms with E-state index >= 15 is 0 Å². The molecule has 3 rings (SSSR count). The summed E-state index contributed by atoms with van der Waals surface area (Å²) in [5, 5.41) is 3.78. The van der Waals surface area contributed by atoms with E-state index in [1.807, 2.05) is 11.8 Å². The van der Waals surface area contributed by atoms with Crippen molar-refractivity contribution in [2.75, 3.05) is 12.3 Å². The molecular formula is C17H25NS. The van der Waals surface area contributed by atoms with E-state index in [1.54, 1.807) is 5.56 Å². The van der Waals surface area contributed by atoms with E-state index < -0.39 is 0 Å². The Bertz CT molecular complexity index is 411. The van der Waals surface area contributed by atoms with Crippen molar-refractivity contribution in [1.82, 2.24) is 5.32 Å². The topological polar surface area (TPSA) is 12.0 Å². The summed E-state index contributed by atoms with van der Waals surface area (Å²) in [4.78, 5) is 1.52. The molecule has 0 aromatic heterocycles. The molecule has 0 radical (unpaired) electrons. The molecule has 0 spiro atoms. The van der Waals surface area contributed by atoms with E-state index in [0.29, 0.717) is 6.04 Å². The van der Waals surface area contributed by atoms with Crippen LogP contribution < -0.4 is 5.32 Å². The highest BCUT2D eigenvalue weighted by Gasteiger charge is 2.31. The number of nitrogens with one attached hydrogen (secondary N) is 1. The molecule has 1 aromatic carbocycles. The zero-order valence-corrected chi connectivity index (χ0v) is 12.7. The average Bonchev–Trinajstić information content (AvgIpc) is 3.07. The number of fused-ring (bicyclic) bond motifs is 1. The molecule has 19 heavy (non-hydrogen) atoms. The summed E-state index contributed by atoms with van der Waals surface area (Å²) in [6.07, 6.45) is 7.22. The first-order valence-electron chi connectivity index (χ1n) is 7.83. The van der Waals surface area contributed by atoms with Crippen molar-refractivity contribution in [2.24, 2.45) is 5.92 Å². The molecule has 1 aliphatic heterocycles. The molecule has 1 aromatic rings. The van der Waals surface area contributed by atoms with Crippen LogP contribution in [-0.2, 0) is 0 Å². The van der Waals surface area contributed by atoms with E-state index in [2.05, 4.69) is 36.5 Å². The molecule has 2 aliphatic rings. The first-order valence-corrected chi connectivity index (χ1v) is 8.82. The lowest BCUT2D eigenvalue weighted by molar-refractivity contribution is 0.360. The maximum Gasteiger partial charge on any atom is 0.0147 e. The van der Waals surface area contributed by atoms with Gasteiger partial charge in [0, 0.05) is 22.6 Å². The number of thioether (sulfide) groups is 1. The molecule has 1 fully saturated rings. The molecule has 0 saturated heterocycles. The van der Waals surface area contributed by atoms with E-state index in [-0.39, 0.29) is 0 Å². The highest BCUT2D eigenvalue weighted by atomic mass is 32.2. The Morgan fingerprint density at radius 2 is 2.05 bits per heavy atom. The Morgan fingerprint density at radius 3 is 2.84 bits per heavy atom.